The summed E-state index contributed by atoms with van der Waals surface area (Å²) in [4.78, 5) is 30.4. The van der Waals surface area contributed by atoms with Crippen LogP contribution in [-0.2, 0) is 6.54 Å². The highest BCUT2D eigenvalue weighted by molar-refractivity contribution is 6.00. The molecule has 2 saturated heterocycles. The highest BCUT2D eigenvalue weighted by Crippen LogP contribution is 2.26. The molecule has 0 saturated carbocycles. The molecular weight excluding hydrogens is 599 g/mol. The zero-order valence-corrected chi connectivity index (χ0v) is 25.5. The van der Waals surface area contributed by atoms with E-state index in [9.17, 15) is 22.8 Å². The molecule has 8 nitrogen and oxygen atoms in total. The van der Waals surface area contributed by atoms with Crippen LogP contribution in [0.15, 0.2) is 77.2 Å². The lowest BCUT2D eigenvalue weighted by Gasteiger charge is -2.32. The van der Waals surface area contributed by atoms with Gasteiger partial charge in [0.15, 0.2) is 5.76 Å². The molecule has 3 heterocycles. The molecule has 0 aliphatic carbocycles. The van der Waals surface area contributed by atoms with Crippen molar-refractivity contribution in [2.45, 2.75) is 57.7 Å². The lowest BCUT2D eigenvalue weighted by molar-refractivity contribution is -0.274. The number of rotatable bonds is 8. The lowest BCUT2D eigenvalue weighted by Crippen LogP contribution is -2.44. The van der Waals surface area contributed by atoms with Crippen LogP contribution < -0.4 is 14.8 Å². The van der Waals surface area contributed by atoms with Crippen molar-refractivity contribution in [3.05, 3.63) is 95.2 Å². The van der Waals surface area contributed by atoms with Crippen LogP contribution in [0.5, 0.6) is 11.5 Å². The summed E-state index contributed by atoms with van der Waals surface area (Å²) in [7, 11) is 0. The molecule has 0 spiro atoms. The third kappa shape index (κ3) is 8.00. The topological polar surface area (TPSA) is 84.2 Å². The molecule has 6 rings (SSSR count). The van der Waals surface area contributed by atoms with Crippen molar-refractivity contribution in [2.24, 2.45) is 0 Å². The number of hydrogen-bond acceptors (Lipinski definition) is 6. The second kappa shape index (κ2) is 13.5. The maximum Gasteiger partial charge on any atom is 0.573 e. The summed E-state index contributed by atoms with van der Waals surface area (Å²) in [6.07, 6.45) is -1.68. The van der Waals surface area contributed by atoms with Gasteiger partial charge in [0.2, 0.25) is 0 Å². The summed E-state index contributed by atoms with van der Waals surface area (Å²) in [6, 6.07) is 20.7. The second-order valence-electron chi connectivity index (χ2n) is 12.0. The molecule has 3 aromatic carbocycles. The third-order valence-corrected chi connectivity index (χ3v) is 8.53. The average Bonchev–Trinajstić information content (AvgIpc) is 3.47. The molecule has 2 aliphatic heterocycles. The fourth-order valence-electron chi connectivity index (χ4n) is 6.00. The molecule has 0 radical (unpaired) electrons. The largest absolute Gasteiger partial charge is 0.573 e. The summed E-state index contributed by atoms with van der Waals surface area (Å²) >= 11 is 0. The van der Waals surface area contributed by atoms with Gasteiger partial charge in [-0.05, 0) is 73.9 Å². The first-order chi connectivity index (χ1) is 22.1. The Bertz CT molecular complexity index is 1650. The fourth-order valence-corrected chi connectivity index (χ4v) is 6.00. The number of ether oxygens (including phenoxy) is 2. The number of benzene rings is 3. The van der Waals surface area contributed by atoms with E-state index >= 15 is 0 Å². The van der Waals surface area contributed by atoms with Gasteiger partial charge in [-0.3, -0.25) is 14.5 Å². The van der Waals surface area contributed by atoms with Gasteiger partial charge < -0.3 is 24.1 Å². The summed E-state index contributed by atoms with van der Waals surface area (Å²) in [5, 5.41) is 3.74. The molecule has 1 N–H and O–H groups in total. The van der Waals surface area contributed by atoms with Crippen molar-refractivity contribution in [3.8, 4) is 11.5 Å². The van der Waals surface area contributed by atoms with Crippen LogP contribution in [0, 0.1) is 6.92 Å². The number of alkyl halides is 3. The van der Waals surface area contributed by atoms with Crippen molar-refractivity contribution < 1.29 is 36.7 Å². The van der Waals surface area contributed by atoms with Crippen LogP contribution in [-0.4, -0.2) is 66.3 Å². The molecular formula is C35H36F3N3O5. The Morgan fingerprint density at radius 3 is 2.22 bits per heavy atom. The number of hydrogen-bond donors (Lipinski definition) is 1. The van der Waals surface area contributed by atoms with Gasteiger partial charge in [-0.25, -0.2) is 0 Å². The van der Waals surface area contributed by atoms with E-state index in [4.69, 9.17) is 9.15 Å². The normalized spacial score (nSPS) is 16.8. The standard InChI is InChI=1S/C35H36F3N3O5/c1-23-2-7-28(8-3-23)44-29-14-18-41(19-15-29)34(43)25-6-11-31-26(20-25)21-32(45-31)33(42)39-27-12-16-40(17-13-27)22-24-4-9-30(10-5-24)46-35(36,37)38/h2-11,20-21,27,29H,12-19,22H2,1H3,(H,39,42). The first-order valence-electron chi connectivity index (χ1n) is 15.5. The van der Waals surface area contributed by atoms with E-state index in [1.807, 2.05) is 36.1 Å². The third-order valence-electron chi connectivity index (χ3n) is 8.53. The highest BCUT2D eigenvalue weighted by Gasteiger charge is 2.31. The molecule has 242 valence electrons. The van der Waals surface area contributed by atoms with Crippen molar-refractivity contribution >= 4 is 22.8 Å². The second-order valence-corrected chi connectivity index (χ2v) is 12.0. The number of amides is 2. The number of nitrogens with one attached hydrogen (secondary N) is 1. The highest BCUT2D eigenvalue weighted by atomic mass is 19.4. The summed E-state index contributed by atoms with van der Waals surface area (Å²) < 4.78 is 53.0. The Kier molecular flexibility index (Phi) is 9.21. The van der Waals surface area contributed by atoms with Crippen LogP contribution >= 0.6 is 0 Å². The van der Waals surface area contributed by atoms with E-state index in [-0.39, 0.29) is 35.5 Å². The number of fused-ring (bicyclic) bond motifs is 1. The number of carbonyl (C=O) groups excluding carboxylic acids is 2. The minimum atomic E-state index is -4.71. The van der Waals surface area contributed by atoms with Gasteiger partial charge in [-0.15, -0.1) is 13.2 Å². The monoisotopic (exact) mass is 635 g/mol. The Morgan fingerprint density at radius 2 is 1.54 bits per heavy atom. The van der Waals surface area contributed by atoms with Crippen LogP contribution in [0.3, 0.4) is 0 Å². The van der Waals surface area contributed by atoms with E-state index in [0.717, 1.165) is 50.1 Å². The summed E-state index contributed by atoms with van der Waals surface area (Å²) in [6.45, 7) is 5.30. The predicted molar refractivity (Wildman–Crippen MR) is 166 cm³/mol. The van der Waals surface area contributed by atoms with E-state index in [2.05, 4.69) is 15.0 Å². The minimum absolute atomic E-state index is 0.0328. The quantitative estimate of drug-likeness (QED) is 0.232. The molecule has 0 unspecified atom stereocenters. The first-order valence-corrected chi connectivity index (χ1v) is 15.5. The Morgan fingerprint density at radius 1 is 0.870 bits per heavy atom. The molecule has 0 atom stereocenters. The zero-order valence-electron chi connectivity index (χ0n) is 25.5. The van der Waals surface area contributed by atoms with Crippen molar-refractivity contribution in [2.75, 3.05) is 26.2 Å². The Labute approximate surface area is 265 Å². The van der Waals surface area contributed by atoms with Crippen molar-refractivity contribution in [1.29, 1.82) is 0 Å². The fraction of sp³-hybridized carbons (Fsp3) is 0.371. The zero-order chi connectivity index (χ0) is 32.3. The molecule has 46 heavy (non-hydrogen) atoms. The van der Waals surface area contributed by atoms with Crippen LogP contribution in [0.25, 0.3) is 11.0 Å². The average molecular weight is 636 g/mol. The molecule has 2 aliphatic rings. The SMILES string of the molecule is Cc1ccc(OC2CCN(C(=O)c3ccc4oc(C(=O)NC5CCN(Cc6ccc(OC(F)(F)F)cc6)CC5)cc4c3)CC2)cc1. The Hall–Kier alpha value is -4.51. The number of nitrogens with zero attached hydrogens (tertiary/aromatic N) is 2. The van der Waals surface area contributed by atoms with Gasteiger partial charge in [0.1, 0.15) is 23.2 Å². The summed E-state index contributed by atoms with van der Waals surface area (Å²) in [5.74, 6) is 0.430. The minimum Gasteiger partial charge on any atom is -0.490 e. The molecule has 2 fully saturated rings. The van der Waals surface area contributed by atoms with Gasteiger partial charge in [0.05, 0.1) is 0 Å². The molecule has 11 heteroatoms. The van der Waals surface area contributed by atoms with Crippen molar-refractivity contribution in [3.63, 3.8) is 0 Å². The number of piperidine rings is 2. The van der Waals surface area contributed by atoms with E-state index in [1.54, 1.807) is 36.4 Å². The number of halogens is 3. The van der Waals surface area contributed by atoms with Crippen LogP contribution in [0.4, 0.5) is 13.2 Å². The van der Waals surface area contributed by atoms with Gasteiger partial charge in [0, 0.05) is 62.6 Å². The van der Waals surface area contributed by atoms with Crippen molar-refractivity contribution in [1.82, 2.24) is 15.1 Å². The number of aryl methyl sites for hydroxylation is 1. The number of likely N-dealkylation sites (tertiary alicyclic amines) is 2. The first kappa shape index (κ1) is 31.5. The number of carbonyl (C=O) groups is 2. The van der Waals surface area contributed by atoms with Gasteiger partial charge >= 0.3 is 6.36 Å². The predicted octanol–water partition coefficient (Wildman–Crippen LogP) is 6.72. The van der Waals surface area contributed by atoms with Gasteiger partial charge in [-0.2, -0.15) is 0 Å². The van der Waals surface area contributed by atoms with Gasteiger partial charge in [-0.1, -0.05) is 29.8 Å². The Balaban J connectivity index is 0.974. The summed E-state index contributed by atoms with van der Waals surface area (Å²) in [5.41, 5.74) is 3.15. The van der Waals surface area contributed by atoms with E-state index in [1.165, 1.54) is 17.7 Å². The maximum atomic E-state index is 13.3. The molecule has 2 amide bonds. The van der Waals surface area contributed by atoms with Crippen LogP contribution in [0.1, 0.15) is 57.7 Å². The molecule has 1 aromatic heterocycles. The molecule has 4 aromatic rings. The smallest absolute Gasteiger partial charge is 0.490 e. The number of furan rings is 1. The van der Waals surface area contributed by atoms with E-state index in [0.29, 0.717) is 36.2 Å². The van der Waals surface area contributed by atoms with Crippen LogP contribution in [0.2, 0.25) is 0 Å². The van der Waals surface area contributed by atoms with Gasteiger partial charge in [0.25, 0.3) is 11.8 Å². The lowest BCUT2D eigenvalue weighted by atomic mass is 10.0. The maximum absolute atomic E-state index is 13.3. The van der Waals surface area contributed by atoms with E-state index < -0.39 is 6.36 Å². The molecule has 0 bridgehead atoms.